The largest absolute Gasteiger partial charge is 0.457 e. The van der Waals surface area contributed by atoms with Crippen molar-refractivity contribution in [3.63, 3.8) is 0 Å². The molecule has 3 aromatic rings. The van der Waals surface area contributed by atoms with Crippen LogP contribution in [0, 0.1) is 5.92 Å². The Labute approximate surface area is 164 Å². The van der Waals surface area contributed by atoms with Gasteiger partial charge in [-0.3, -0.25) is 4.79 Å². The van der Waals surface area contributed by atoms with Crippen LogP contribution in [-0.4, -0.2) is 17.6 Å². The number of aliphatic hydroxyl groups excluding tert-OH is 1. The van der Waals surface area contributed by atoms with E-state index in [-0.39, 0.29) is 30.4 Å². The molecule has 1 fully saturated rings. The first-order chi connectivity index (χ1) is 13.7. The van der Waals surface area contributed by atoms with Gasteiger partial charge < -0.3 is 15.2 Å². The Hall–Kier alpha value is -3.11. The standard InChI is InChI=1S/C24H23NO3/c26-16-23(18-7-3-1-4-8-18)25-24(27)22-15-21(22)17-11-13-20(14-12-17)28-19-9-5-2-6-10-19/h1-14,21-23,26H,15-16H2,(H,25,27)/t21-,22-,23+/m1/s1. The van der Waals surface area contributed by atoms with Crippen LogP contribution in [0.1, 0.15) is 29.5 Å². The summed E-state index contributed by atoms with van der Waals surface area (Å²) in [6.07, 6.45) is 0.831. The maximum Gasteiger partial charge on any atom is 0.224 e. The van der Waals surface area contributed by atoms with Crippen molar-refractivity contribution in [3.05, 3.63) is 96.1 Å². The molecule has 0 spiro atoms. The van der Waals surface area contributed by atoms with Gasteiger partial charge in [0.25, 0.3) is 0 Å². The van der Waals surface area contributed by atoms with Crippen molar-refractivity contribution in [1.29, 1.82) is 0 Å². The van der Waals surface area contributed by atoms with E-state index in [1.165, 1.54) is 0 Å². The molecule has 142 valence electrons. The number of hydrogen-bond donors (Lipinski definition) is 2. The van der Waals surface area contributed by atoms with Crippen molar-refractivity contribution in [2.24, 2.45) is 5.92 Å². The van der Waals surface area contributed by atoms with Crippen molar-refractivity contribution >= 4 is 5.91 Å². The smallest absolute Gasteiger partial charge is 0.224 e. The molecule has 4 rings (SSSR count). The summed E-state index contributed by atoms with van der Waals surface area (Å²) < 4.78 is 5.82. The Balaban J connectivity index is 1.35. The van der Waals surface area contributed by atoms with Gasteiger partial charge in [-0.05, 0) is 47.7 Å². The van der Waals surface area contributed by atoms with Crippen molar-refractivity contribution in [1.82, 2.24) is 5.32 Å². The number of ether oxygens (including phenoxy) is 1. The molecule has 1 aliphatic carbocycles. The van der Waals surface area contributed by atoms with E-state index < -0.39 is 0 Å². The third kappa shape index (κ3) is 4.24. The second kappa shape index (κ2) is 8.28. The molecule has 28 heavy (non-hydrogen) atoms. The lowest BCUT2D eigenvalue weighted by Crippen LogP contribution is -2.32. The quantitative estimate of drug-likeness (QED) is 0.644. The van der Waals surface area contributed by atoms with Crippen LogP contribution in [0.3, 0.4) is 0 Å². The monoisotopic (exact) mass is 373 g/mol. The van der Waals surface area contributed by atoms with Crippen LogP contribution in [0.15, 0.2) is 84.9 Å². The summed E-state index contributed by atoms with van der Waals surface area (Å²) >= 11 is 0. The molecule has 0 unspecified atom stereocenters. The van der Waals surface area contributed by atoms with Gasteiger partial charge in [-0.2, -0.15) is 0 Å². The first kappa shape index (κ1) is 18.3. The van der Waals surface area contributed by atoms with Crippen LogP contribution >= 0.6 is 0 Å². The number of amides is 1. The number of rotatable bonds is 7. The Kier molecular flexibility index (Phi) is 5.40. The van der Waals surface area contributed by atoms with Crippen LogP contribution in [0.2, 0.25) is 0 Å². The zero-order chi connectivity index (χ0) is 19.3. The fourth-order valence-electron chi connectivity index (χ4n) is 3.46. The fraction of sp³-hybridized carbons (Fsp3) is 0.208. The molecule has 1 saturated carbocycles. The summed E-state index contributed by atoms with van der Waals surface area (Å²) in [5, 5.41) is 12.6. The number of benzene rings is 3. The molecule has 3 atom stereocenters. The SMILES string of the molecule is O=C(N[C@@H](CO)c1ccccc1)[C@@H]1C[C@@H]1c1ccc(Oc2ccccc2)cc1. The summed E-state index contributed by atoms with van der Waals surface area (Å²) in [5.74, 6) is 1.76. The Bertz CT molecular complexity index is 910. The average molecular weight is 373 g/mol. The van der Waals surface area contributed by atoms with Gasteiger partial charge in [-0.1, -0.05) is 60.7 Å². The van der Waals surface area contributed by atoms with E-state index in [1.807, 2.05) is 84.9 Å². The molecule has 0 radical (unpaired) electrons. The average Bonchev–Trinajstić information content (AvgIpc) is 3.55. The zero-order valence-corrected chi connectivity index (χ0v) is 15.5. The molecule has 0 saturated heterocycles. The fourth-order valence-corrected chi connectivity index (χ4v) is 3.46. The van der Waals surface area contributed by atoms with Gasteiger partial charge in [0.2, 0.25) is 5.91 Å². The van der Waals surface area contributed by atoms with Gasteiger partial charge in [0.15, 0.2) is 0 Å². The number of carbonyl (C=O) groups excluding carboxylic acids is 1. The predicted molar refractivity (Wildman–Crippen MR) is 108 cm³/mol. The number of para-hydroxylation sites is 1. The minimum absolute atomic E-state index is 0.00230. The maximum absolute atomic E-state index is 12.6. The van der Waals surface area contributed by atoms with Gasteiger partial charge in [0.1, 0.15) is 11.5 Å². The molecule has 2 N–H and O–H groups in total. The molecule has 0 bridgehead atoms. The molecule has 0 aliphatic heterocycles. The van der Waals surface area contributed by atoms with E-state index in [2.05, 4.69) is 5.32 Å². The summed E-state index contributed by atoms with van der Waals surface area (Å²) in [7, 11) is 0. The predicted octanol–water partition coefficient (Wildman–Crippen LogP) is 4.43. The highest BCUT2D eigenvalue weighted by atomic mass is 16.5. The number of aliphatic hydroxyl groups is 1. The molecule has 0 heterocycles. The normalized spacial score (nSPS) is 18.9. The zero-order valence-electron chi connectivity index (χ0n) is 15.5. The third-order valence-corrected chi connectivity index (χ3v) is 5.12. The highest BCUT2D eigenvalue weighted by molar-refractivity contribution is 5.83. The van der Waals surface area contributed by atoms with Crippen LogP contribution in [0.5, 0.6) is 11.5 Å². The lowest BCUT2D eigenvalue weighted by Gasteiger charge is -2.16. The topological polar surface area (TPSA) is 58.6 Å². The van der Waals surface area contributed by atoms with Gasteiger partial charge >= 0.3 is 0 Å². The van der Waals surface area contributed by atoms with Gasteiger partial charge in [0, 0.05) is 5.92 Å². The van der Waals surface area contributed by atoms with Gasteiger partial charge in [0.05, 0.1) is 12.6 Å². The highest BCUT2D eigenvalue weighted by Gasteiger charge is 2.44. The molecule has 3 aromatic carbocycles. The minimum Gasteiger partial charge on any atom is -0.457 e. The number of carbonyl (C=O) groups is 1. The van der Waals surface area contributed by atoms with Crippen LogP contribution < -0.4 is 10.1 Å². The number of hydrogen-bond acceptors (Lipinski definition) is 3. The molecule has 4 nitrogen and oxygen atoms in total. The summed E-state index contributed by atoms with van der Waals surface area (Å²) in [6.45, 7) is -0.112. The molecule has 1 amide bonds. The molecule has 1 aliphatic rings. The summed E-state index contributed by atoms with van der Waals surface area (Å²) in [6, 6.07) is 26.8. The number of nitrogens with one attached hydrogen (secondary N) is 1. The van der Waals surface area contributed by atoms with Crippen molar-refractivity contribution < 1.29 is 14.6 Å². The van der Waals surface area contributed by atoms with Crippen molar-refractivity contribution in [2.45, 2.75) is 18.4 Å². The highest BCUT2D eigenvalue weighted by Crippen LogP contribution is 2.48. The maximum atomic E-state index is 12.6. The molecule has 0 aromatic heterocycles. The lowest BCUT2D eigenvalue weighted by atomic mass is 10.1. The van der Waals surface area contributed by atoms with Gasteiger partial charge in [-0.25, -0.2) is 0 Å². The molecule has 4 heteroatoms. The van der Waals surface area contributed by atoms with Crippen LogP contribution in [-0.2, 0) is 4.79 Å². The van der Waals surface area contributed by atoms with E-state index in [1.54, 1.807) is 0 Å². The first-order valence-electron chi connectivity index (χ1n) is 9.53. The lowest BCUT2D eigenvalue weighted by molar-refractivity contribution is -0.123. The second-order valence-electron chi connectivity index (χ2n) is 7.09. The molecular weight excluding hydrogens is 350 g/mol. The second-order valence-corrected chi connectivity index (χ2v) is 7.09. The Morgan fingerprint density at radius 2 is 1.54 bits per heavy atom. The Morgan fingerprint density at radius 3 is 2.18 bits per heavy atom. The van der Waals surface area contributed by atoms with Crippen LogP contribution in [0.25, 0.3) is 0 Å². The van der Waals surface area contributed by atoms with Gasteiger partial charge in [-0.15, -0.1) is 0 Å². The summed E-state index contributed by atoms with van der Waals surface area (Å²) in [5.41, 5.74) is 2.05. The molecular formula is C24H23NO3. The van der Waals surface area contributed by atoms with Crippen molar-refractivity contribution in [2.75, 3.05) is 6.61 Å². The minimum atomic E-state index is -0.364. The van der Waals surface area contributed by atoms with E-state index in [0.717, 1.165) is 29.0 Å². The third-order valence-electron chi connectivity index (χ3n) is 5.12. The van der Waals surface area contributed by atoms with E-state index >= 15 is 0 Å². The van der Waals surface area contributed by atoms with Crippen molar-refractivity contribution in [3.8, 4) is 11.5 Å². The van der Waals surface area contributed by atoms with Crippen LogP contribution in [0.4, 0.5) is 0 Å². The van der Waals surface area contributed by atoms with E-state index in [4.69, 9.17) is 4.74 Å². The first-order valence-corrected chi connectivity index (χ1v) is 9.53. The van der Waals surface area contributed by atoms with E-state index in [0.29, 0.717) is 0 Å². The Morgan fingerprint density at radius 1 is 0.929 bits per heavy atom. The summed E-state index contributed by atoms with van der Waals surface area (Å²) in [4.78, 5) is 12.6. The van der Waals surface area contributed by atoms with E-state index in [9.17, 15) is 9.90 Å².